The van der Waals surface area contributed by atoms with E-state index in [4.69, 9.17) is 14.5 Å². The molecule has 0 unspecified atom stereocenters. The number of hydrogen-bond donors (Lipinski definition) is 3. The number of halogens is 2. The Hall–Kier alpha value is -3.22. The molecule has 2 atom stereocenters. The average molecular weight is 692 g/mol. The largest absolute Gasteiger partial charge is 0.399 e. The predicted octanol–water partition coefficient (Wildman–Crippen LogP) is 5.47. The summed E-state index contributed by atoms with van der Waals surface area (Å²) < 4.78 is 46.1. The maximum absolute atomic E-state index is 14.3. The lowest BCUT2D eigenvalue weighted by molar-refractivity contribution is -0.149. The van der Waals surface area contributed by atoms with Gasteiger partial charge in [-0.15, -0.1) is 11.3 Å². The number of amides is 3. The van der Waals surface area contributed by atoms with Gasteiger partial charge in [0.25, 0.3) is 5.91 Å². The lowest BCUT2D eigenvalue weighted by Crippen LogP contribution is -2.58. The number of thiophene rings is 1. The first-order valence-corrected chi connectivity index (χ1v) is 18.0. The van der Waals surface area contributed by atoms with Crippen LogP contribution in [-0.4, -0.2) is 75.2 Å². The van der Waals surface area contributed by atoms with E-state index in [-0.39, 0.29) is 28.1 Å². The third-order valence-electron chi connectivity index (χ3n) is 8.77. The molecule has 3 N–H and O–H groups in total. The summed E-state index contributed by atoms with van der Waals surface area (Å²) in [7, 11) is -5.77. The Bertz CT molecular complexity index is 1670. The summed E-state index contributed by atoms with van der Waals surface area (Å²) in [6, 6.07) is 12.5. The van der Waals surface area contributed by atoms with Gasteiger partial charge >= 0.3 is 13.3 Å². The average Bonchev–Trinajstić information content (AvgIpc) is 3.69. The van der Waals surface area contributed by atoms with Gasteiger partial charge in [0.15, 0.2) is 0 Å². The Labute approximate surface area is 276 Å². The Morgan fingerprint density at radius 1 is 1.06 bits per heavy atom. The number of carbonyl (C=O) groups is 3. The number of ether oxygens (including phenoxy) is 1. The first-order valence-electron chi connectivity index (χ1n) is 15.6. The SMILES string of the molecule is CC(C)(C)[C@H](NC(=O)c1cc2cc(C(F)(F)P(=O)(O)O)ccc2s1)C(=O)N1CCC[C@H]1C(=O)N(Cc1ccccc1)C1CCOCC1. The molecule has 254 valence electrons. The second-order valence-corrected chi connectivity index (χ2v) is 15.9. The lowest BCUT2D eigenvalue weighted by atomic mass is 9.85. The molecule has 14 heteroatoms. The van der Waals surface area contributed by atoms with Crippen LogP contribution in [0.15, 0.2) is 54.6 Å². The third kappa shape index (κ3) is 7.60. The van der Waals surface area contributed by atoms with Crippen molar-refractivity contribution in [2.45, 2.75) is 76.8 Å². The van der Waals surface area contributed by atoms with Crippen LogP contribution in [0.1, 0.15) is 67.3 Å². The van der Waals surface area contributed by atoms with E-state index in [1.165, 1.54) is 12.1 Å². The fourth-order valence-electron chi connectivity index (χ4n) is 6.17. The van der Waals surface area contributed by atoms with Gasteiger partial charge in [0.1, 0.15) is 12.1 Å². The quantitative estimate of drug-likeness (QED) is 0.253. The molecule has 3 aromatic rings. The van der Waals surface area contributed by atoms with Crippen LogP contribution in [-0.2, 0) is 31.1 Å². The Kier molecular flexibility index (Phi) is 10.2. The zero-order valence-electron chi connectivity index (χ0n) is 26.5. The minimum absolute atomic E-state index is 0.0257. The molecular weight excluding hydrogens is 651 g/mol. The molecule has 10 nitrogen and oxygen atoms in total. The monoisotopic (exact) mass is 691 g/mol. The van der Waals surface area contributed by atoms with Gasteiger partial charge in [-0.05, 0) is 60.2 Å². The van der Waals surface area contributed by atoms with E-state index in [1.807, 2.05) is 56.0 Å². The van der Waals surface area contributed by atoms with E-state index in [0.29, 0.717) is 56.7 Å². The first kappa shape index (κ1) is 35.1. The van der Waals surface area contributed by atoms with Gasteiger partial charge in [0.2, 0.25) is 11.8 Å². The molecule has 3 amide bonds. The molecule has 2 fully saturated rings. The zero-order chi connectivity index (χ0) is 34.1. The molecule has 0 bridgehead atoms. The second kappa shape index (κ2) is 13.7. The van der Waals surface area contributed by atoms with E-state index in [2.05, 4.69) is 5.32 Å². The topological polar surface area (TPSA) is 136 Å². The van der Waals surface area contributed by atoms with Crippen LogP contribution in [0, 0.1) is 5.41 Å². The van der Waals surface area contributed by atoms with Crippen LogP contribution in [0.5, 0.6) is 0 Å². The molecule has 47 heavy (non-hydrogen) atoms. The van der Waals surface area contributed by atoms with Gasteiger partial charge in [-0.1, -0.05) is 57.2 Å². The molecule has 2 aromatic carbocycles. The minimum Gasteiger partial charge on any atom is -0.381 e. The molecule has 0 spiro atoms. The van der Waals surface area contributed by atoms with Crippen molar-refractivity contribution in [3.8, 4) is 0 Å². The highest BCUT2D eigenvalue weighted by atomic mass is 32.1. The summed E-state index contributed by atoms with van der Waals surface area (Å²) in [5.41, 5.74) is -5.01. The summed E-state index contributed by atoms with van der Waals surface area (Å²) in [5, 5.41) is 3.05. The van der Waals surface area contributed by atoms with Gasteiger partial charge in [-0.25, -0.2) is 0 Å². The summed E-state index contributed by atoms with van der Waals surface area (Å²) in [5.74, 6) is -1.10. The standard InChI is InChI=1S/C33H40F2N3O7PS/c1-32(2,3)28(36-29(39)27-19-22-18-23(11-12-26(22)47-27)33(34,35)46(42,43)44)31(41)37-15-7-10-25(37)30(40)38(24-13-16-45-17-14-24)20-21-8-5-4-6-9-21/h4-6,8-9,11-12,18-19,24-25,28H,7,10,13-17,20H2,1-3H3,(H,36,39)(H2,42,43,44)/t25-,28+/m0/s1. The lowest BCUT2D eigenvalue weighted by Gasteiger charge is -2.39. The molecule has 0 radical (unpaired) electrons. The van der Waals surface area contributed by atoms with Crippen molar-refractivity contribution < 1.29 is 42.3 Å². The van der Waals surface area contributed by atoms with Crippen LogP contribution in [0.2, 0.25) is 0 Å². The van der Waals surface area contributed by atoms with Crippen molar-refractivity contribution in [3.63, 3.8) is 0 Å². The van der Waals surface area contributed by atoms with E-state index in [9.17, 15) is 27.7 Å². The number of likely N-dealkylation sites (tertiary alicyclic amines) is 1. The van der Waals surface area contributed by atoms with E-state index in [1.54, 1.807) is 4.90 Å². The molecule has 1 aromatic heterocycles. The molecule has 2 aliphatic rings. The molecule has 2 saturated heterocycles. The first-order chi connectivity index (χ1) is 22.1. The van der Waals surface area contributed by atoms with Crippen molar-refractivity contribution >= 4 is 46.7 Å². The number of benzene rings is 2. The highest BCUT2D eigenvalue weighted by molar-refractivity contribution is 7.52. The fourth-order valence-corrected chi connectivity index (χ4v) is 7.59. The zero-order valence-corrected chi connectivity index (χ0v) is 28.2. The van der Waals surface area contributed by atoms with E-state index < -0.39 is 42.2 Å². The normalized spacial score (nSPS) is 18.7. The molecule has 0 saturated carbocycles. The highest BCUT2D eigenvalue weighted by Gasteiger charge is 2.50. The van der Waals surface area contributed by atoms with Crippen molar-refractivity contribution in [1.82, 2.24) is 15.1 Å². The minimum atomic E-state index is -5.77. The van der Waals surface area contributed by atoms with Crippen LogP contribution in [0.25, 0.3) is 10.1 Å². The Balaban J connectivity index is 1.37. The second-order valence-electron chi connectivity index (χ2n) is 13.2. The van der Waals surface area contributed by atoms with Gasteiger partial charge in [0.05, 0.1) is 4.88 Å². The van der Waals surface area contributed by atoms with E-state index in [0.717, 1.165) is 29.0 Å². The van der Waals surface area contributed by atoms with Crippen molar-refractivity contribution in [1.29, 1.82) is 0 Å². The van der Waals surface area contributed by atoms with Gasteiger partial charge in [-0.3, -0.25) is 18.9 Å². The van der Waals surface area contributed by atoms with Gasteiger partial charge in [-0.2, -0.15) is 8.78 Å². The summed E-state index contributed by atoms with van der Waals surface area (Å²) in [6.45, 7) is 7.33. The predicted molar refractivity (Wildman–Crippen MR) is 174 cm³/mol. The van der Waals surface area contributed by atoms with Crippen LogP contribution < -0.4 is 5.32 Å². The number of fused-ring (bicyclic) bond motifs is 1. The third-order valence-corrected chi connectivity index (χ3v) is 10.9. The van der Waals surface area contributed by atoms with E-state index >= 15 is 0 Å². The number of nitrogens with zero attached hydrogens (tertiary/aromatic N) is 2. The van der Waals surface area contributed by atoms with Crippen molar-refractivity contribution in [2.75, 3.05) is 19.8 Å². The summed E-state index contributed by atoms with van der Waals surface area (Å²) >= 11 is 1.01. The molecule has 0 aliphatic carbocycles. The van der Waals surface area contributed by atoms with Gasteiger partial charge in [0, 0.05) is 42.6 Å². The Morgan fingerprint density at radius 2 is 1.74 bits per heavy atom. The van der Waals surface area contributed by atoms with Crippen LogP contribution in [0.4, 0.5) is 8.78 Å². The smallest absolute Gasteiger partial charge is 0.381 e. The van der Waals surface area contributed by atoms with Crippen LogP contribution in [0.3, 0.4) is 0 Å². The van der Waals surface area contributed by atoms with Crippen LogP contribution >= 0.6 is 18.9 Å². The highest BCUT2D eigenvalue weighted by Crippen LogP contribution is 2.59. The maximum atomic E-state index is 14.3. The fraction of sp³-hybridized carbons (Fsp3) is 0.485. The molecule has 2 aliphatic heterocycles. The number of carbonyl (C=O) groups excluding carboxylic acids is 3. The number of nitrogens with one attached hydrogen (secondary N) is 1. The number of rotatable bonds is 9. The number of hydrogen-bond acceptors (Lipinski definition) is 6. The summed E-state index contributed by atoms with van der Waals surface area (Å²) in [4.78, 5) is 63.9. The number of alkyl halides is 2. The maximum Gasteiger partial charge on any atom is 0.399 e. The molecule has 3 heterocycles. The van der Waals surface area contributed by atoms with Gasteiger partial charge < -0.3 is 29.6 Å². The molecular formula is C33H40F2N3O7PS. The molecule has 5 rings (SSSR count). The van der Waals surface area contributed by atoms with Crippen molar-refractivity contribution in [2.24, 2.45) is 5.41 Å². The summed E-state index contributed by atoms with van der Waals surface area (Å²) in [6.07, 6.45) is 2.54. The Morgan fingerprint density at radius 3 is 2.38 bits per heavy atom. The van der Waals surface area contributed by atoms with Crippen molar-refractivity contribution in [3.05, 3.63) is 70.6 Å².